The van der Waals surface area contributed by atoms with Crippen LogP contribution in [0.5, 0.6) is 0 Å². The maximum Gasteiger partial charge on any atom is 0.226 e. The summed E-state index contributed by atoms with van der Waals surface area (Å²) in [4.78, 5) is 19.8. The highest BCUT2D eigenvalue weighted by atomic mass is 35.5. The van der Waals surface area contributed by atoms with Gasteiger partial charge in [-0.25, -0.2) is 0 Å². The molecule has 132 valence electrons. The lowest BCUT2D eigenvalue weighted by Crippen LogP contribution is -2.40. The highest BCUT2D eigenvalue weighted by molar-refractivity contribution is 7.13. The number of hydrogen-bond donors (Lipinski definition) is 1. The summed E-state index contributed by atoms with van der Waals surface area (Å²) in [6, 6.07) is 4.28. The first-order chi connectivity index (χ1) is 11.3. The third kappa shape index (κ3) is 4.55. The zero-order chi connectivity index (χ0) is 16.1. The van der Waals surface area contributed by atoms with Crippen molar-refractivity contribution in [2.45, 2.75) is 38.1 Å². The number of rotatable bonds is 7. The molecule has 6 nitrogen and oxygen atoms in total. The van der Waals surface area contributed by atoms with Crippen molar-refractivity contribution in [3.8, 4) is 10.7 Å². The van der Waals surface area contributed by atoms with Gasteiger partial charge in [0.15, 0.2) is 0 Å². The van der Waals surface area contributed by atoms with E-state index in [0.29, 0.717) is 30.6 Å². The molecule has 0 aliphatic carbocycles. The smallest absolute Gasteiger partial charge is 0.226 e. The second-order valence-corrected chi connectivity index (χ2v) is 6.73. The van der Waals surface area contributed by atoms with Crippen LogP contribution in [0.4, 0.5) is 0 Å². The van der Waals surface area contributed by atoms with Gasteiger partial charge in [0.05, 0.1) is 4.88 Å². The van der Waals surface area contributed by atoms with Crippen molar-refractivity contribution in [2.24, 2.45) is 0 Å². The molecule has 1 N–H and O–H groups in total. The van der Waals surface area contributed by atoms with Crippen molar-refractivity contribution in [2.75, 3.05) is 20.1 Å². The molecule has 0 aromatic carbocycles. The van der Waals surface area contributed by atoms with Crippen LogP contribution in [-0.4, -0.2) is 47.1 Å². The molecule has 1 aliphatic rings. The van der Waals surface area contributed by atoms with Gasteiger partial charge in [-0.1, -0.05) is 11.2 Å². The van der Waals surface area contributed by atoms with Crippen molar-refractivity contribution < 1.29 is 9.32 Å². The Hall–Kier alpha value is -1.44. The average molecular weight is 371 g/mol. The third-order valence-corrected chi connectivity index (χ3v) is 4.99. The summed E-state index contributed by atoms with van der Waals surface area (Å²) in [5, 5.41) is 9.15. The fourth-order valence-electron chi connectivity index (χ4n) is 3.01. The number of hydrogen-bond acceptors (Lipinski definition) is 6. The molecule has 1 atom stereocenters. The Morgan fingerprint density at radius 2 is 2.42 bits per heavy atom. The van der Waals surface area contributed by atoms with E-state index in [4.69, 9.17) is 4.52 Å². The number of nitrogens with zero attached hydrogens (tertiary/aromatic N) is 3. The Morgan fingerprint density at radius 1 is 1.54 bits per heavy atom. The molecule has 0 bridgehead atoms. The third-order valence-electron chi connectivity index (χ3n) is 4.13. The van der Waals surface area contributed by atoms with Crippen molar-refractivity contribution in [3.05, 3.63) is 23.4 Å². The quantitative estimate of drug-likeness (QED) is 0.811. The monoisotopic (exact) mass is 370 g/mol. The summed E-state index contributed by atoms with van der Waals surface area (Å²) >= 11 is 1.59. The molecule has 0 spiro atoms. The number of thiophene rings is 1. The number of likely N-dealkylation sites (N-methyl/N-ethyl adjacent to an activating group) is 1. The number of halogens is 1. The Kier molecular flexibility index (Phi) is 7.20. The Bertz CT molecular complexity index is 632. The fourth-order valence-corrected chi connectivity index (χ4v) is 3.66. The number of nitrogens with one attached hydrogen (secondary N) is 1. The Labute approximate surface area is 152 Å². The first-order valence-corrected chi connectivity index (χ1v) is 8.96. The van der Waals surface area contributed by atoms with E-state index in [-0.39, 0.29) is 18.3 Å². The zero-order valence-electron chi connectivity index (χ0n) is 13.7. The first-order valence-electron chi connectivity index (χ1n) is 8.08. The number of aryl methyl sites for hydroxylation is 1. The lowest BCUT2D eigenvalue weighted by molar-refractivity contribution is -0.132. The van der Waals surface area contributed by atoms with E-state index < -0.39 is 0 Å². The number of carbonyl (C=O) groups excluding carboxylic acids is 1. The topological polar surface area (TPSA) is 71.3 Å². The number of amides is 1. The van der Waals surface area contributed by atoms with Gasteiger partial charge >= 0.3 is 0 Å². The molecule has 0 radical (unpaired) electrons. The molecule has 1 unspecified atom stereocenters. The van der Waals surface area contributed by atoms with E-state index in [9.17, 15) is 4.79 Å². The van der Waals surface area contributed by atoms with Crippen molar-refractivity contribution in [1.82, 2.24) is 20.4 Å². The molecule has 1 amide bonds. The van der Waals surface area contributed by atoms with Gasteiger partial charge in [0.25, 0.3) is 0 Å². The number of likely N-dealkylation sites (tertiary alicyclic amines) is 1. The van der Waals surface area contributed by atoms with E-state index in [0.717, 1.165) is 37.2 Å². The van der Waals surface area contributed by atoms with Gasteiger partial charge in [0, 0.05) is 32.0 Å². The van der Waals surface area contributed by atoms with Gasteiger partial charge in [-0.3, -0.25) is 4.79 Å². The van der Waals surface area contributed by atoms with Gasteiger partial charge < -0.3 is 14.7 Å². The standard InChI is InChI=1S/C16H22N4O2S.ClH/c1-17-11-12-5-3-9-20(12)15(21)8-2-7-14-18-16(19-22-14)13-6-4-10-23-13;/h4,6,10,12,17H,2-3,5,7-9,11H2,1H3;1H. The van der Waals surface area contributed by atoms with E-state index >= 15 is 0 Å². The summed E-state index contributed by atoms with van der Waals surface area (Å²) in [6.07, 6.45) is 4.13. The van der Waals surface area contributed by atoms with Crippen LogP contribution in [0.2, 0.25) is 0 Å². The van der Waals surface area contributed by atoms with Crippen LogP contribution in [0.1, 0.15) is 31.6 Å². The molecule has 2 aromatic heterocycles. The van der Waals surface area contributed by atoms with E-state index in [1.165, 1.54) is 0 Å². The van der Waals surface area contributed by atoms with Crippen LogP contribution in [0.3, 0.4) is 0 Å². The summed E-state index contributed by atoms with van der Waals surface area (Å²) in [5.74, 6) is 1.48. The van der Waals surface area contributed by atoms with Crippen molar-refractivity contribution in [1.29, 1.82) is 0 Å². The second kappa shape index (κ2) is 9.15. The molecule has 3 heterocycles. The molecule has 1 aliphatic heterocycles. The van der Waals surface area contributed by atoms with Gasteiger partial charge in [-0.2, -0.15) is 4.98 Å². The molecule has 24 heavy (non-hydrogen) atoms. The van der Waals surface area contributed by atoms with Crippen LogP contribution >= 0.6 is 23.7 Å². The van der Waals surface area contributed by atoms with Crippen LogP contribution in [-0.2, 0) is 11.2 Å². The normalized spacial score (nSPS) is 17.0. The lowest BCUT2D eigenvalue weighted by Gasteiger charge is -2.24. The summed E-state index contributed by atoms with van der Waals surface area (Å²) in [6.45, 7) is 1.76. The van der Waals surface area contributed by atoms with Crippen LogP contribution in [0.15, 0.2) is 22.0 Å². The molecule has 2 aromatic rings. The Morgan fingerprint density at radius 3 is 3.17 bits per heavy atom. The molecule has 0 saturated carbocycles. The predicted molar refractivity (Wildman–Crippen MR) is 96.5 cm³/mol. The van der Waals surface area contributed by atoms with Crippen LogP contribution in [0, 0.1) is 0 Å². The summed E-state index contributed by atoms with van der Waals surface area (Å²) < 4.78 is 5.27. The SMILES string of the molecule is CNCC1CCCN1C(=O)CCCc1nc(-c2cccs2)no1.Cl. The zero-order valence-corrected chi connectivity index (χ0v) is 15.4. The second-order valence-electron chi connectivity index (χ2n) is 5.78. The molecular formula is C16H23ClN4O2S. The molecule has 8 heteroatoms. The van der Waals surface area contributed by atoms with Gasteiger partial charge in [-0.15, -0.1) is 23.7 Å². The van der Waals surface area contributed by atoms with Crippen molar-refractivity contribution >= 4 is 29.7 Å². The molecule has 3 rings (SSSR count). The maximum absolute atomic E-state index is 12.3. The van der Waals surface area contributed by atoms with Crippen LogP contribution in [0.25, 0.3) is 10.7 Å². The Balaban J connectivity index is 0.00000208. The van der Waals surface area contributed by atoms with Gasteiger partial charge in [0.1, 0.15) is 0 Å². The minimum Gasteiger partial charge on any atom is -0.339 e. The molecular weight excluding hydrogens is 348 g/mol. The van der Waals surface area contributed by atoms with Crippen LogP contribution < -0.4 is 5.32 Å². The first kappa shape index (κ1) is 18.9. The predicted octanol–water partition coefficient (Wildman–Crippen LogP) is 2.75. The number of aromatic nitrogens is 2. The van der Waals surface area contributed by atoms with Crippen molar-refractivity contribution in [3.63, 3.8) is 0 Å². The fraction of sp³-hybridized carbons (Fsp3) is 0.562. The van der Waals surface area contributed by atoms with E-state index in [1.54, 1.807) is 11.3 Å². The van der Waals surface area contributed by atoms with E-state index in [2.05, 4.69) is 15.5 Å². The van der Waals surface area contributed by atoms with Gasteiger partial charge in [0.2, 0.25) is 17.6 Å². The minimum atomic E-state index is 0. The highest BCUT2D eigenvalue weighted by Gasteiger charge is 2.27. The minimum absolute atomic E-state index is 0. The van der Waals surface area contributed by atoms with Gasteiger partial charge in [-0.05, 0) is 37.8 Å². The molecule has 1 saturated heterocycles. The number of carbonyl (C=O) groups is 1. The summed E-state index contributed by atoms with van der Waals surface area (Å²) in [5.41, 5.74) is 0. The van der Waals surface area contributed by atoms with E-state index in [1.807, 2.05) is 29.5 Å². The largest absolute Gasteiger partial charge is 0.339 e. The molecule has 1 fully saturated rings. The lowest BCUT2D eigenvalue weighted by atomic mass is 10.2. The average Bonchev–Trinajstić information content (AvgIpc) is 3.28. The maximum atomic E-state index is 12.3. The summed E-state index contributed by atoms with van der Waals surface area (Å²) in [7, 11) is 1.93. The highest BCUT2D eigenvalue weighted by Crippen LogP contribution is 2.22.